The molecule has 6 heteroatoms. The van der Waals surface area contributed by atoms with Gasteiger partial charge in [0.05, 0.1) is 16.8 Å². The van der Waals surface area contributed by atoms with Crippen LogP contribution >= 0.6 is 11.6 Å². The molecule has 0 aliphatic carbocycles. The van der Waals surface area contributed by atoms with Gasteiger partial charge in [-0.1, -0.05) is 35.9 Å². The Hall–Kier alpha value is -2.66. The lowest BCUT2D eigenvalue weighted by Gasteiger charge is -2.17. The van der Waals surface area contributed by atoms with Crippen LogP contribution in [0, 0.1) is 20.8 Å². The van der Waals surface area contributed by atoms with Crippen molar-refractivity contribution in [2.45, 2.75) is 33.7 Å². The van der Waals surface area contributed by atoms with Crippen LogP contribution in [-0.2, 0) is 0 Å². The van der Waals surface area contributed by atoms with Crippen molar-refractivity contribution in [1.29, 1.82) is 0 Å². The Morgan fingerprint density at radius 2 is 1.88 bits per heavy atom. The topological polar surface area (TPSA) is 59.8 Å². The Bertz CT molecular complexity index is 964. The third-order valence-electron chi connectivity index (χ3n) is 4.28. The van der Waals surface area contributed by atoms with Gasteiger partial charge in [-0.25, -0.2) is 9.67 Å². The standard InChI is InChI=1S/C20H21ClN4O/c1-12-7-5-6-8-16(12)15(4)22-20(26)19-17(21)9-10-18(23-19)25-14(3)11-13(2)24-25/h5-11,15H,1-4H3,(H,22,26). The van der Waals surface area contributed by atoms with Gasteiger partial charge in [0, 0.05) is 5.69 Å². The molecule has 1 unspecified atom stereocenters. The van der Waals surface area contributed by atoms with E-state index in [4.69, 9.17) is 11.6 Å². The van der Waals surface area contributed by atoms with E-state index < -0.39 is 0 Å². The number of halogens is 1. The normalized spacial score (nSPS) is 12.0. The number of carbonyl (C=O) groups is 1. The smallest absolute Gasteiger partial charge is 0.271 e. The number of aryl methyl sites for hydroxylation is 3. The second-order valence-corrected chi connectivity index (χ2v) is 6.80. The van der Waals surface area contributed by atoms with Gasteiger partial charge < -0.3 is 5.32 Å². The molecule has 0 aliphatic heterocycles. The number of hydrogen-bond donors (Lipinski definition) is 1. The molecule has 1 N–H and O–H groups in total. The molecule has 0 saturated carbocycles. The third kappa shape index (κ3) is 3.63. The molecule has 26 heavy (non-hydrogen) atoms. The monoisotopic (exact) mass is 368 g/mol. The summed E-state index contributed by atoms with van der Waals surface area (Å²) in [6.45, 7) is 7.82. The minimum absolute atomic E-state index is 0.154. The van der Waals surface area contributed by atoms with E-state index in [-0.39, 0.29) is 17.6 Å². The highest BCUT2D eigenvalue weighted by Crippen LogP contribution is 2.21. The molecule has 0 fully saturated rings. The lowest BCUT2D eigenvalue weighted by molar-refractivity contribution is 0.0935. The van der Waals surface area contributed by atoms with E-state index in [9.17, 15) is 4.79 Å². The van der Waals surface area contributed by atoms with Crippen LogP contribution in [-0.4, -0.2) is 20.7 Å². The Kier molecular flexibility index (Phi) is 5.09. The molecule has 2 heterocycles. The fourth-order valence-corrected chi connectivity index (χ4v) is 3.18. The molecule has 0 radical (unpaired) electrons. The van der Waals surface area contributed by atoms with Crippen molar-refractivity contribution in [3.8, 4) is 5.82 Å². The summed E-state index contributed by atoms with van der Waals surface area (Å²) in [7, 11) is 0. The van der Waals surface area contributed by atoms with E-state index in [0.29, 0.717) is 10.8 Å². The Labute approximate surface area is 158 Å². The SMILES string of the molecule is Cc1cc(C)n(-c2ccc(Cl)c(C(=O)NC(C)c3ccccc3C)n2)n1. The fourth-order valence-electron chi connectivity index (χ4n) is 2.99. The Morgan fingerprint density at radius 3 is 2.54 bits per heavy atom. The van der Waals surface area contributed by atoms with Gasteiger partial charge in [-0.05, 0) is 57.0 Å². The van der Waals surface area contributed by atoms with E-state index >= 15 is 0 Å². The second kappa shape index (κ2) is 7.30. The van der Waals surface area contributed by atoms with E-state index in [1.807, 2.05) is 58.0 Å². The molecule has 2 aromatic heterocycles. The molecular formula is C20H21ClN4O. The maximum atomic E-state index is 12.7. The first kappa shape index (κ1) is 18.1. The van der Waals surface area contributed by atoms with E-state index in [1.165, 1.54) is 0 Å². The van der Waals surface area contributed by atoms with Gasteiger partial charge in [0.25, 0.3) is 5.91 Å². The van der Waals surface area contributed by atoms with Crippen molar-refractivity contribution >= 4 is 17.5 Å². The van der Waals surface area contributed by atoms with Crippen LogP contribution in [0.5, 0.6) is 0 Å². The zero-order valence-electron chi connectivity index (χ0n) is 15.2. The van der Waals surface area contributed by atoms with Crippen molar-refractivity contribution < 1.29 is 4.79 Å². The van der Waals surface area contributed by atoms with Crippen LogP contribution in [0.4, 0.5) is 0 Å². The summed E-state index contributed by atoms with van der Waals surface area (Å²) in [4.78, 5) is 17.2. The molecule has 134 valence electrons. The quantitative estimate of drug-likeness (QED) is 0.745. The van der Waals surface area contributed by atoms with E-state index in [0.717, 1.165) is 22.5 Å². The van der Waals surface area contributed by atoms with E-state index in [1.54, 1.807) is 16.8 Å². The number of rotatable bonds is 4. The molecule has 0 saturated heterocycles. The molecule has 1 aromatic carbocycles. The van der Waals surface area contributed by atoms with Crippen LogP contribution in [0.15, 0.2) is 42.5 Å². The number of pyridine rings is 1. The molecule has 3 rings (SSSR count). The number of benzene rings is 1. The molecule has 3 aromatic rings. The van der Waals surface area contributed by atoms with Crippen LogP contribution in [0.1, 0.15) is 46.0 Å². The number of nitrogens with zero attached hydrogens (tertiary/aromatic N) is 3. The predicted molar refractivity (Wildman–Crippen MR) is 103 cm³/mol. The molecule has 0 bridgehead atoms. The molecular weight excluding hydrogens is 348 g/mol. The summed E-state index contributed by atoms with van der Waals surface area (Å²) in [6.07, 6.45) is 0. The summed E-state index contributed by atoms with van der Waals surface area (Å²) in [5, 5.41) is 7.70. The maximum Gasteiger partial charge on any atom is 0.271 e. The number of carbonyl (C=O) groups excluding carboxylic acids is 1. The summed E-state index contributed by atoms with van der Waals surface area (Å²) in [6, 6.07) is 13.2. The molecule has 0 aliphatic rings. The van der Waals surface area contributed by atoms with E-state index in [2.05, 4.69) is 15.4 Å². The average molecular weight is 369 g/mol. The first-order valence-electron chi connectivity index (χ1n) is 8.43. The van der Waals surface area contributed by atoms with Crippen molar-refractivity contribution in [3.63, 3.8) is 0 Å². The van der Waals surface area contributed by atoms with Crippen molar-refractivity contribution in [2.75, 3.05) is 0 Å². The van der Waals surface area contributed by atoms with Crippen molar-refractivity contribution in [2.24, 2.45) is 0 Å². The maximum absolute atomic E-state index is 12.7. The minimum Gasteiger partial charge on any atom is -0.344 e. The lowest BCUT2D eigenvalue weighted by atomic mass is 10.0. The Balaban J connectivity index is 1.89. The van der Waals surface area contributed by atoms with Crippen LogP contribution in [0.3, 0.4) is 0 Å². The predicted octanol–water partition coefficient (Wildman–Crippen LogP) is 4.34. The lowest BCUT2D eigenvalue weighted by Crippen LogP contribution is -2.28. The molecule has 1 atom stereocenters. The summed E-state index contributed by atoms with van der Waals surface area (Å²) in [5.41, 5.74) is 4.20. The fraction of sp³-hybridized carbons (Fsp3) is 0.250. The Morgan fingerprint density at radius 1 is 1.15 bits per heavy atom. The summed E-state index contributed by atoms with van der Waals surface area (Å²) < 4.78 is 1.70. The van der Waals surface area contributed by atoms with Gasteiger partial charge in [-0.3, -0.25) is 4.79 Å². The minimum atomic E-state index is -0.311. The number of nitrogens with one attached hydrogen (secondary N) is 1. The first-order chi connectivity index (χ1) is 12.4. The largest absolute Gasteiger partial charge is 0.344 e. The number of aromatic nitrogens is 3. The highest BCUT2D eigenvalue weighted by atomic mass is 35.5. The van der Waals surface area contributed by atoms with Gasteiger partial charge >= 0.3 is 0 Å². The zero-order valence-corrected chi connectivity index (χ0v) is 16.0. The highest BCUT2D eigenvalue weighted by Gasteiger charge is 2.18. The van der Waals surface area contributed by atoms with Crippen molar-refractivity contribution in [1.82, 2.24) is 20.1 Å². The molecule has 0 spiro atoms. The van der Waals surface area contributed by atoms with Crippen LogP contribution in [0.25, 0.3) is 5.82 Å². The summed E-state index contributed by atoms with van der Waals surface area (Å²) in [5.74, 6) is 0.253. The molecule has 5 nitrogen and oxygen atoms in total. The van der Waals surface area contributed by atoms with Gasteiger partial charge in [0.15, 0.2) is 5.82 Å². The van der Waals surface area contributed by atoms with Gasteiger partial charge in [-0.15, -0.1) is 0 Å². The summed E-state index contributed by atoms with van der Waals surface area (Å²) >= 11 is 6.23. The first-order valence-corrected chi connectivity index (χ1v) is 8.81. The highest BCUT2D eigenvalue weighted by molar-refractivity contribution is 6.33. The van der Waals surface area contributed by atoms with Gasteiger partial charge in [0.1, 0.15) is 5.69 Å². The van der Waals surface area contributed by atoms with Crippen molar-refractivity contribution in [3.05, 3.63) is 75.7 Å². The second-order valence-electron chi connectivity index (χ2n) is 6.39. The average Bonchev–Trinajstić information content (AvgIpc) is 2.94. The van der Waals surface area contributed by atoms with Gasteiger partial charge in [0.2, 0.25) is 0 Å². The van der Waals surface area contributed by atoms with Gasteiger partial charge in [-0.2, -0.15) is 5.10 Å². The van der Waals surface area contributed by atoms with Crippen LogP contribution < -0.4 is 5.32 Å². The number of hydrogen-bond acceptors (Lipinski definition) is 3. The van der Waals surface area contributed by atoms with Crippen LogP contribution in [0.2, 0.25) is 5.02 Å². The molecule has 1 amide bonds. The number of amides is 1. The third-order valence-corrected chi connectivity index (χ3v) is 4.58. The zero-order chi connectivity index (χ0) is 18.8.